The van der Waals surface area contributed by atoms with Crippen LogP contribution in [0.5, 0.6) is 0 Å². The lowest BCUT2D eigenvalue weighted by Crippen LogP contribution is -2.00. The predicted molar refractivity (Wildman–Crippen MR) is 368 cm³/mol. The summed E-state index contributed by atoms with van der Waals surface area (Å²) < 4.78 is 2.26. The molecule has 89 heavy (non-hydrogen) atoms. The molecule has 0 aliphatic heterocycles. The van der Waals surface area contributed by atoms with Crippen molar-refractivity contribution >= 4 is 32.6 Å². The summed E-state index contributed by atoms with van der Waals surface area (Å²) in [4.78, 5) is 20.6. The number of para-hydroxylation sites is 3. The molecule has 0 saturated heterocycles. The number of hydrogen-bond donors (Lipinski definition) is 0. The SMILES string of the molecule is c1ccc(-c2ccc(-c3nc(-c4ccc(-c5ccc(-c6cccc(-c7ccc(-c8ccccc8)c8c7-c7cccc9c(-c%10ccc(-c%11nc%12ccccc%12n%11-c%11ccccc%11)cc%10)ccc-8c79)c6)cc5)cc4)nc(-c4cccc5ccccc45)n3)cc2)cc1. The Balaban J connectivity index is 0.690. The highest BCUT2D eigenvalue weighted by atomic mass is 15.1. The highest BCUT2D eigenvalue weighted by Crippen LogP contribution is 2.56. The summed E-state index contributed by atoms with van der Waals surface area (Å²) in [6.45, 7) is 0. The number of nitrogens with zero attached hydrogens (tertiary/aromatic N) is 5. The van der Waals surface area contributed by atoms with E-state index in [1.165, 1.54) is 66.4 Å². The van der Waals surface area contributed by atoms with Crippen molar-refractivity contribution in [3.05, 3.63) is 322 Å². The third-order valence-corrected chi connectivity index (χ3v) is 17.7. The molecule has 5 nitrogen and oxygen atoms in total. The van der Waals surface area contributed by atoms with Crippen LogP contribution in [0.15, 0.2) is 322 Å². The van der Waals surface area contributed by atoms with Crippen LogP contribution < -0.4 is 0 Å². The Morgan fingerprint density at radius 3 is 1.33 bits per heavy atom. The van der Waals surface area contributed by atoms with Crippen molar-refractivity contribution in [2.75, 3.05) is 0 Å². The van der Waals surface area contributed by atoms with Gasteiger partial charge in [0.25, 0.3) is 0 Å². The van der Waals surface area contributed by atoms with Crippen LogP contribution in [0.4, 0.5) is 0 Å². The van der Waals surface area contributed by atoms with Gasteiger partial charge in [0.05, 0.1) is 11.0 Å². The second-order valence-corrected chi connectivity index (χ2v) is 22.8. The lowest BCUT2D eigenvalue weighted by molar-refractivity contribution is 1.08. The average molecular weight is 1130 g/mol. The molecule has 2 heterocycles. The summed E-state index contributed by atoms with van der Waals surface area (Å²) in [5.74, 6) is 2.81. The first-order chi connectivity index (χ1) is 44.1. The molecule has 0 spiro atoms. The number of hydrogen-bond acceptors (Lipinski definition) is 4. The minimum atomic E-state index is 0.623. The summed E-state index contributed by atoms with van der Waals surface area (Å²) >= 11 is 0. The van der Waals surface area contributed by atoms with E-state index in [1.54, 1.807) is 0 Å². The molecule has 1 aliphatic rings. The second kappa shape index (κ2) is 21.5. The van der Waals surface area contributed by atoms with Gasteiger partial charge < -0.3 is 0 Å². The molecule has 414 valence electrons. The van der Waals surface area contributed by atoms with Gasteiger partial charge in [-0.25, -0.2) is 19.9 Å². The molecule has 2 aromatic heterocycles. The lowest BCUT2D eigenvalue weighted by atomic mass is 9.87. The van der Waals surface area contributed by atoms with Crippen LogP contribution in [0, 0.1) is 0 Å². The van der Waals surface area contributed by atoms with E-state index < -0.39 is 0 Å². The molecule has 17 rings (SSSR count). The predicted octanol–water partition coefficient (Wildman–Crippen LogP) is 21.8. The van der Waals surface area contributed by atoms with E-state index in [4.69, 9.17) is 19.9 Å². The molecule has 1 aliphatic carbocycles. The molecule has 0 amide bonds. The van der Waals surface area contributed by atoms with Crippen LogP contribution in [0.3, 0.4) is 0 Å². The Morgan fingerprint density at radius 2 is 0.640 bits per heavy atom. The topological polar surface area (TPSA) is 56.5 Å². The highest BCUT2D eigenvalue weighted by Gasteiger charge is 2.29. The van der Waals surface area contributed by atoms with Gasteiger partial charge in [-0.15, -0.1) is 0 Å². The van der Waals surface area contributed by atoms with Crippen LogP contribution in [0.25, 0.3) is 173 Å². The minimum absolute atomic E-state index is 0.623. The maximum Gasteiger partial charge on any atom is 0.164 e. The largest absolute Gasteiger partial charge is 0.292 e. The fourth-order valence-electron chi connectivity index (χ4n) is 13.3. The third-order valence-electron chi connectivity index (χ3n) is 17.7. The molecule has 5 heteroatoms. The van der Waals surface area contributed by atoms with E-state index in [2.05, 4.69) is 320 Å². The molecule has 0 N–H and O–H groups in total. The zero-order chi connectivity index (χ0) is 58.8. The molecule has 0 unspecified atom stereocenters. The van der Waals surface area contributed by atoms with Gasteiger partial charge >= 0.3 is 0 Å². The van der Waals surface area contributed by atoms with Crippen LogP contribution in [-0.4, -0.2) is 24.5 Å². The third kappa shape index (κ3) is 9.11. The Kier molecular flexibility index (Phi) is 12.5. The molecule has 0 saturated carbocycles. The maximum absolute atomic E-state index is 5.17. The number of benzene rings is 14. The average Bonchev–Trinajstić information content (AvgIpc) is 1.61. The summed E-state index contributed by atoms with van der Waals surface area (Å²) in [6.07, 6.45) is 0. The first-order valence-corrected chi connectivity index (χ1v) is 30.3. The van der Waals surface area contributed by atoms with Crippen LogP contribution in [0.2, 0.25) is 0 Å². The van der Waals surface area contributed by atoms with Gasteiger partial charge in [0.2, 0.25) is 0 Å². The van der Waals surface area contributed by atoms with E-state index in [9.17, 15) is 0 Å². The summed E-state index contributed by atoms with van der Waals surface area (Å²) in [7, 11) is 0. The molecular weight excluding hydrogens is 1080 g/mol. The first-order valence-electron chi connectivity index (χ1n) is 30.3. The number of imidazole rings is 1. The number of rotatable bonds is 11. The monoisotopic (exact) mass is 1130 g/mol. The van der Waals surface area contributed by atoms with Crippen molar-refractivity contribution in [3.8, 4) is 140 Å². The van der Waals surface area contributed by atoms with Crippen LogP contribution in [0.1, 0.15) is 0 Å². The highest BCUT2D eigenvalue weighted by molar-refractivity contribution is 6.23. The van der Waals surface area contributed by atoms with Gasteiger partial charge in [0.15, 0.2) is 17.5 Å². The van der Waals surface area contributed by atoms with E-state index in [-0.39, 0.29) is 0 Å². The van der Waals surface area contributed by atoms with Crippen molar-refractivity contribution in [2.24, 2.45) is 0 Å². The van der Waals surface area contributed by atoms with Crippen LogP contribution >= 0.6 is 0 Å². The smallest absolute Gasteiger partial charge is 0.164 e. The van der Waals surface area contributed by atoms with Crippen molar-refractivity contribution < 1.29 is 0 Å². The first kappa shape index (κ1) is 51.5. The summed E-state index contributed by atoms with van der Waals surface area (Å²) in [5, 5.41) is 4.76. The lowest BCUT2D eigenvalue weighted by Gasteiger charge is -2.16. The normalized spacial score (nSPS) is 11.6. The zero-order valence-electron chi connectivity index (χ0n) is 48.3. The molecule has 0 fully saturated rings. The molecule has 14 aromatic carbocycles. The van der Waals surface area contributed by atoms with Crippen molar-refractivity contribution in [3.63, 3.8) is 0 Å². The second-order valence-electron chi connectivity index (χ2n) is 22.8. The zero-order valence-corrected chi connectivity index (χ0v) is 48.3. The quantitative estimate of drug-likeness (QED) is 0.129. The van der Waals surface area contributed by atoms with Gasteiger partial charge in [-0.05, 0) is 141 Å². The van der Waals surface area contributed by atoms with E-state index in [1.807, 2.05) is 6.07 Å². The minimum Gasteiger partial charge on any atom is -0.292 e. The summed E-state index contributed by atoms with van der Waals surface area (Å²) in [5.41, 5.74) is 26.1. The van der Waals surface area contributed by atoms with Crippen LogP contribution in [-0.2, 0) is 0 Å². The Bertz CT molecular complexity index is 5360. The van der Waals surface area contributed by atoms with E-state index >= 15 is 0 Å². The Hall–Kier alpha value is -11.9. The van der Waals surface area contributed by atoms with E-state index in [0.29, 0.717) is 17.5 Å². The Morgan fingerprint density at radius 1 is 0.225 bits per heavy atom. The number of fused-ring (bicyclic) bond motifs is 5. The van der Waals surface area contributed by atoms with Crippen molar-refractivity contribution in [1.29, 1.82) is 0 Å². The number of aromatic nitrogens is 5. The maximum atomic E-state index is 5.17. The van der Waals surface area contributed by atoms with Gasteiger partial charge in [0.1, 0.15) is 5.82 Å². The molecule has 0 radical (unpaired) electrons. The van der Waals surface area contributed by atoms with E-state index in [0.717, 1.165) is 89.0 Å². The molecule has 0 bridgehead atoms. The van der Waals surface area contributed by atoms with Crippen molar-refractivity contribution in [2.45, 2.75) is 0 Å². The fraction of sp³-hybridized carbons (Fsp3) is 0. The van der Waals surface area contributed by atoms with Gasteiger partial charge in [-0.3, -0.25) is 4.57 Å². The van der Waals surface area contributed by atoms with Gasteiger partial charge in [-0.1, -0.05) is 291 Å². The molecule has 16 aromatic rings. The molecule has 0 atom stereocenters. The Labute approximate surface area is 515 Å². The van der Waals surface area contributed by atoms with Gasteiger partial charge in [-0.2, -0.15) is 0 Å². The standard InChI is InChI=1S/C84H53N5/c1-4-17-54(18-5-1)55-37-43-62(44-38-55)81-86-82(88-83(87-81)73-29-15-22-59-21-10-11-27-68(59)73)63-45-39-57(40-46-63)56-33-35-58(36-34-56)65-23-14-24-66(53-65)71-51-50-70(60-19-6-2-7-20-60)79-75-52-49-69(72-28-16-30-74(78(72)75)80(71)79)61-41-47-64(48-42-61)84-85-76-31-12-13-32-77(76)89(84)67-25-8-3-9-26-67/h1-53H. The van der Waals surface area contributed by atoms with Crippen molar-refractivity contribution in [1.82, 2.24) is 24.5 Å². The molecular formula is C84H53N5. The van der Waals surface area contributed by atoms with Gasteiger partial charge in [0, 0.05) is 27.9 Å². The fourth-order valence-corrected chi connectivity index (χ4v) is 13.3. The summed E-state index contributed by atoms with van der Waals surface area (Å²) in [6, 6.07) is 115.